The average Bonchev–Trinajstić information content (AvgIpc) is 2.84. The van der Waals surface area contributed by atoms with Crippen molar-refractivity contribution in [3.05, 3.63) is 30.3 Å². The van der Waals surface area contributed by atoms with Crippen LogP contribution in [0.1, 0.15) is 20.8 Å². The first-order valence-electron chi connectivity index (χ1n) is 7.67. The summed E-state index contributed by atoms with van der Waals surface area (Å²) in [7, 11) is -3.70. The minimum atomic E-state index is -3.70. The van der Waals surface area contributed by atoms with Gasteiger partial charge in [-0.2, -0.15) is 4.72 Å². The van der Waals surface area contributed by atoms with Gasteiger partial charge in [-0.05, 0) is 32.9 Å². The van der Waals surface area contributed by atoms with Crippen LogP contribution in [-0.2, 0) is 14.8 Å². The number of hydrazine groups is 1. The number of amides is 1. The van der Waals surface area contributed by atoms with Gasteiger partial charge in [-0.1, -0.05) is 18.2 Å². The predicted octanol–water partition coefficient (Wildman–Crippen LogP) is -0.0294. The van der Waals surface area contributed by atoms with E-state index in [0.29, 0.717) is 6.54 Å². The van der Waals surface area contributed by atoms with E-state index >= 15 is 0 Å². The fourth-order valence-electron chi connectivity index (χ4n) is 2.59. The van der Waals surface area contributed by atoms with Crippen LogP contribution in [0.4, 0.5) is 0 Å². The summed E-state index contributed by atoms with van der Waals surface area (Å²) in [5.41, 5.74) is 6.24. The van der Waals surface area contributed by atoms with Gasteiger partial charge in [0, 0.05) is 24.5 Å². The molecule has 2 rings (SSSR count). The summed E-state index contributed by atoms with van der Waals surface area (Å²) in [6.45, 7) is 6.09. The van der Waals surface area contributed by atoms with Crippen LogP contribution in [-0.4, -0.2) is 39.0 Å². The maximum absolute atomic E-state index is 12.2. The summed E-state index contributed by atoms with van der Waals surface area (Å²) in [5.74, 6) is -0.0901. The van der Waals surface area contributed by atoms with Crippen LogP contribution in [0, 0.1) is 5.92 Å². The molecular weight excluding hydrogens is 316 g/mol. The van der Waals surface area contributed by atoms with Crippen LogP contribution >= 0.6 is 0 Å². The molecule has 1 aromatic carbocycles. The number of carbonyl (C=O) groups excluding carboxylic acids is 1. The molecule has 1 fully saturated rings. The lowest BCUT2D eigenvalue weighted by Gasteiger charge is -2.20. The Morgan fingerprint density at radius 2 is 1.74 bits per heavy atom. The standard InChI is InChI=1S/C15H24N4O3S/c1-10-14(11(2)18-17-10)9-16-15(20)12(3)19-23(21,22)13-7-5-4-6-8-13/h4-8,10-12,14,17-19H,9H2,1-3H3,(H,16,20). The second-order valence-corrected chi connectivity index (χ2v) is 7.65. The van der Waals surface area contributed by atoms with Gasteiger partial charge in [0.15, 0.2) is 0 Å². The first-order chi connectivity index (χ1) is 10.8. The first-order valence-corrected chi connectivity index (χ1v) is 9.15. The van der Waals surface area contributed by atoms with Crippen molar-refractivity contribution in [1.29, 1.82) is 0 Å². The molecule has 0 radical (unpaired) electrons. The Kier molecular flexibility index (Phi) is 5.74. The molecule has 128 valence electrons. The normalized spacial score (nSPS) is 26.0. The molecule has 8 heteroatoms. The van der Waals surface area contributed by atoms with Gasteiger partial charge in [0.25, 0.3) is 0 Å². The second kappa shape index (κ2) is 7.39. The number of hydrogen-bond acceptors (Lipinski definition) is 5. The highest BCUT2D eigenvalue weighted by Crippen LogP contribution is 2.13. The predicted molar refractivity (Wildman–Crippen MR) is 87.9 cm³/mol. The van der Waals surface area contributed by atoms with Crippen molar-refractivity contribution in [3.8, 4) is 0 Å². The van der Waals surface area contributed by atoms with Crippen molar-refractivity contribution < 1.29 is 13.2 Å². The van der Waals surface area contributed by atoms with Crippen molar-refractivity contribution in [3.63, 3.8) is 0 Å². The topological polar surface area (TPSA) is 99.3 Å². The van der Waals surface area contributed by atoms with Crippen LogP contribution in [0.2, 0.25) is 0 Å². The van der Waals surface area contributed by atoms with Gasteiger partial charge in [-0.3, -0.25) is 15.6 Å². The van der Waals surface area contributed by atoms with Crippen molar-refractivity contribution in [2.24, 2.45) is 5.92 Å². The van der Waals surface area contributed by atoms with E-state index in [1.807, 2.05) is 13.8 Å². The van der Waals surface area contributed by atoms with Crippen molar-refractivity contribution >= 4 is 15.9 Å². The number of sulfonamides is 1. The lowest BCUT2D eigenvalue weighted by atomic mass is 9.97. The van der Waals surface area contributed by atoms with E-state index in [0.717, 1.165) is 0 Å². The Hall–Kier alpha value is -1.48. The molecular formula is C15H24N4O3S. The molecule has 4 N–H and O–H groups in total. The Balaban J connectivity index is 1.90. The highest BCUT2D eigenvalue weighted by molar-refractivity contribution is 7.89. The zero-order valence-corrected chi connectivity index (χ0v) is 14.4. The number of benzene rings is 1. The first kappa shape index (κ1) is 17.9. The van der Waals surface area contributed by atoms with Crippen LogP contribution < -0.4 is 20.9 Å². The van der Waals surface area contributed by atoms with E-state index in [-0.39, 0.29) is 28.8 Å². The summed E-state index contributed by atoms with van der Waals surface area (Å²) in [4.78, 5) is 12.3. The number of carbonyl (C=O) groups is 1. The zero-order chi connectivity index (χ0) is 17.0. The molecule has 0 bridgehead atoms. The maximum atomic E-state index is 12.2. The molecule has 7 nitrogen and oxygen atoms in total. The number of nitrogens with one attached hydrogen (secondary N) is 4. The van der Waals surface area contributed by atoms with Gasteiger partial charge in [-0.25, -0.2) is 8.42 Å². The Morgan fingerprint density at radius 1 is 1.17 bits per heavy atom. The summed E-state index contributed by atoms with van der Waals surface area (Å²) in [5, 5.41) is 2.81. The van der Waals surface area contributed by atoms with Crippen molar-refractivity contribution in [2.45, 2.75) is 43.8 Å². The van der Waals surface area contributed by atoms with Crippen molar-refractivity contribution in [1.82, 2.24) is 20.9 Å². The Morgan fingerprint density at radius 3 is 2.30 bits per heavy atom. The SMILES string of the molecule is CC(NS(=O)(=O)c1ccccc1)C(=O)NCC1C(C)NNC1C. The quantitative estimate of drug-likeness (QED) is 0.583. The molecule has 1 aliphatic rings. The summed E-state index contributed by atoms with van der Waals surface area (Å²) in [6, 6.07) is 7.64. The monoisotopic (exact) mass is 340 g/mol. The molecule has 1 saturated heterocycles. The molecule has 23 heavy (non-hydrogen) atoms. The van der Waals surface area contributed by atoms with Gasteiger partial charge in [0.1, 0.15) is 0 Å². The fourth-order valence-corrected chi connectivity index (χ4v) is 3.81. The molecule has 0 aromatic heterocycles. The van der Waals surface area contributed by atoms with E-state index in [4.69, 9.17) is 0 Å². The highest BCUT2D eigenvalue weighted by Gasteiger charge is 2.30. The van der Waals surface area contributed by atoms with Crippen LogP contribution in [0.5, 0.6) is 0 Å². The molecule has 1 aromatic rings. The number of rotatable bonds is 6. The minimum absolute atomic E-state index is 0.145. The zero-order valence-electron chi connectivity index (χ0n) is 13.5. The van der Waals surface area contributed by atoms with Crippen LogP contribution in [0.15, 0.2) is 35.2 Å². The highest BCUT2D eigenvalue weighted by atomic mass is 32.2. The maximum Gasteiger partial charge on any atom is 0.241 e. The molecule has 1 heterocycles. The van der Waals surface area contributed by atoms with E-state index in [1.54, 1.807) is 18.2 Å². The summed E-state index contributed by atoms with van der Waals surface area (Å²) >= 11 is 0. The van der Waals surface area contributed by atoms with Gasteiger partial charge < -0.3 is 5.32 Å². The van der Waals surface area contributed by atoms with E-state index < -0.39 is 16.1 Å². The molecule has 1 aliphatic heterocycles. The lowest BCUT2D eigenvalue weighted by molar-refractivity contribution is -0.122. The summed E-state index contributed by atoms with van der Waals surface area (Å²) in [6.07, 6.45) is 0. The molecule has 0 saturated carbocycles. The second-order valence-electron chi connectivity index (χ2n) is 5.93. The van der Waals surface area contributed by atoms with Crippen molar-refractivity contribution in [2.75, 3.05) is 6.54 Å². The number of hydrogen-bond donors (Lipinski definition) is 4. The van der Waals surface area contributed by atoms with Gasteiger partial charge in [-0.15, -0.1) is 0 Å². The summed E-state index contributed by atoms with van der Waals surface area (Å²) < 4.78 is 26.8. The minimum Gasteiger partial charge on any atom is -0.354 e. The lowest BCUT2D eigenvalue weighted by Crippen LogP contribution is -2.47. The third-order valence-corrected chi connectivity index (χ3v) is 5.67. The largest absolute Gasteiger partial charge is 0.354 e. The molecule has 1 amide bonds. The van der Waals surface area contributed by atoms with Gasteiger partial charge in [0.2, 0.25) is 15.9 Å². The van der Waals surface area contributed by atoms with Crippen LogP contribution in [0.3, 0.4) is 0 Å². The van der Waals surface area contributed by atoms with E-state index in [2.05, 4.69) is 20.9 Å². The molecule has 0 aliphatic carbocycles. The molecule has 0 spiro atoms. The van der Waals surface area contributed by atoms with Crippen LogP contribution in [0.25, 0.3) is 0 Å². The fraction of sp³-hybridized carbons (Fsp3) is 0.533. The third-order valence-electron chi connectivity index (χ3n) is 4.11. The average molecular weight is 340 g/mol. The third kappa shape index (κ3) is 4.51. The van der Waals surface area contributed by atoms with Gasteiger partial charge >= 0.3 is 0 Å². The van der Waals surface area contributed by atoms with E-state index in [1.165, 1.54) is 19.1 Å². The van der Waals surface area contributed by atoms with Gasteiger partial charge in [0.05, 0.1) is 10.9 Å². The smallest absolute Gasteiger partial charge is 0.241 e. The molecule has 3 unspecified atom stereocenters. The Labute approximate surface area is 137 Å². The van der Waals surface area contributed by atoms with E-state index in [9.17, 15) is 13.2 Å². The Bertz CT molecular complexity index is 625. The molecule has 3 atom stereocenters.